The molecule has 5 N–H and O–H groups in total. The number of H-pyrrole nitrogens is 1. The molecule has 0 amide bonds. The molecule has 1 aromatic heterocycles. The van der Waals surface area contributed by atoms with Crippen LogP contribution in [0.15, 0.2) is 21.9 Å². The number of ether oxygens (including phenoxy) is 3. The van der Waals surface area contributed by atoms with Gasteiger partial charge in [0.1, 0.15) is 18.3 Å². The maximum absolute atomic E-state index is 11.9. The van der Waals surface area contributed by atoms with Crippen LogP contribution >= 0.6 is 7.82 Å². The molecule has 136 valence electrons. The van der Waals surface area contributed by atoms with E-state index < -0.39 is 50.2 Å². The standard InChI is InChI=1S/C11H18N3O9P/c1-20-9-8(21-5-12)6(4-22-24(17,18)19)23-10(9)14-3-2-7(15)13-11(14)16/h2-3,6,8-10H,4-5,12H2,1H3,(H,13,15,16)(H2,17,18,19)/t6-,8?,9?,10-/m1/s1. The highest BCUT2D eigenvalue weighted by atomic mass is 31.2. The van der Waals surface area contributed by atoms with Gasteiger partial charge < -0.3 is 29.7 Å². The highest BCUT2D eigenvalue weighted by molar-refractivity contribution is 7.46. The second-order valence-corrected chi connectivity index (χ2v) is 6.11. The Morgan fingerprint density at radius 2 is 2.12 bits per heavy atom. The second kappa shape index (κ2) is 7.68. The molecule has 0 spiro atoms. The molecule has 1 fully saturated rings. The minimum atomic E-state index is -4.72. The number of rotatable bonds is 7. The SMILES string of the molecule is COC1C(OCN)[C@@H](COP(=O)(O)O)O[C@H]1n1ccc(=O)[nH]c1=O. The van der Waals surface area contributed by atoms with Crippen LogP contribution in [-0.2, 0) is 23.3 Å². The second-order valence-electron chi connectivity index (χ2n) is 4.87. The molecule has 0 bridgehead atoms. The maximum Gasteiger partial charge on any atom is 0.469 e. The summed E-state index contributed by atoms with van der Waals surface area (Å²) in [5.41, 5.74) is 4.04. The van der Waals surface area contributed by atoms with Gasteiger partial charge in [-0.2, -0.15) is 0 Å². The lowest BCUT2D eigenvalue weighted by molar-refractivity contribution is -0.0620. The van der Waals surface area contributed by atoms with Gasteiger partial charge in [-0.25, -0.2) is 9.36 Å². The number of phosphoric ester groups is 1. The van der Waals surface area contributed by atoms with E-state index in [0.717, 1.165) is 10.6 Å². The van der Waals surface area contributed by atoms with Gasteiger partial charge in [0.25, 0.3) is 5.56 Å². The average Bonchev–Trinajstić information content (AvgIpc) is 2.82. The summed E-state index contributed by atoms with van der Waals surface area (Å²) in [4.78, 5) is 42.8. The van der Waals surface area contributed by atoms with Gasteiger partial charge in [0, 0.05) is 19.4 Å². The fourth-order valence-corrected chi connectivity index (χ4v) is 2.77. The minimum Gasteiger partial charge on any atom is -0.374 e. The van der Waals surface area contributed by atoms with Gasteiger partial charge in [-0.3, -0.25) is 18.9 Å². The van der Waals surface area contributed by atoms with Gasteiger partial charge >= 0.3 is 13.5 Å². The van der Waals surface area contributed by atoms with Crippen LogP contribution < -0.4 is 17.0 Å². The Labute approximate surface area is 135 Å². The summed E-state index contributed by atoms with van der Waals surface area (Å²) in [6.07, 6.45) is -2.45. The predicted octanol–water partition coefficient (Wildman–Crippen LogP) is -2.14. The molecule has 1 aliphatic rings. The van der Waals surface area contributed by atoms with E-state index in [9.17, 15) is 14.2 Å². The fraction of sp³-hybridized carbons (Fsp3) is 0.636. The summed E-state index contributed by atoms with van der Waals surface area (Å²) >= 11 is 0. The summed E-state index contributed by atoms with van der Waals surface area (Å²) < 4.78 is 32.6. The van der Waals surface area contributed by atoms with Crippen LogP contribution in [0.3, 0.4) is 0 Å². The lowest BCUT2D eigenvalue weighted by Gasteiger charge is -2.23. The Balaban J connectivity index is 2.29. The van der Waals surface area contributed by atoms with Gasteiger partial charge in [0.2, 0.25) is 0 Å². The number of aromatic nitrogens is 2. The Hall–Kier alpha value is -1.37. The molecule has 2 unspecified atom stereocenters. The third kappa shape index (κ3) is 4.37. The summed E-state index contributed by atoms with van der Waals surface area (Å²) in [5.74, 6) is 0. The van der Waals surface area contributed by atoms with Crippen molar-refractivity contribution >= 4 is 7.82 Å². The van der Waals surface area contributed by atoms with E-state index in [1.54, 1.807) is 0 Å². The Bertz CT molecular complexity index is 713. The van der Waals surface area contributed by atoms with Crippen LogP contribution in [0.25, 0.3) is 0 Å². The highest BCUT2D eigenvalue weighted by Crippen LogP contribution is 2.39. The van der Waals surface area contributed by atoms with Crippen LogP contribution in [-0.4, -0.2) is 58.1 Å². The number of aromatic amines is 1. The average molecular weight is 367 g/mol. The molecule has 12 nitrogen and oxygen atoms in total. The van der Waals surface area contributed by atoms with E-state index >= 15 is 0 Å². The Morgan fingerprint density at radius 1 is 1.42 bits per heavy atom. The molecule has 1 aliphatic heterocycles. The topological polar surface area (TPSA) is 175 Å². The summed E-state index contributed by atoms with van der Waals surface area (Å²) in [7, 11) is -3.38. The zero-order valence-corrected chi connectivity index (χ0v) is 13.5. The number of nitrogens with one attached hydrogen (secondary N) is 1. The smallest absolute Gasteiger partial charge is 0.374 e. The molecule has 4 atom stereocenters. The van der Waals surface area contributed by atoms with Crippen LogP contribution in [0.1, 0.15) is 6.23 Å². The first-order valence-electron chi connectivity index (χ1n) is 6.78. The molecular formula is C11H18N3O9P. The lowest BCUT2D eigenvalue weighted by atomic mass is 10.1. The zero-order chi connectivity index (χ0) is 17.9. The molecule has 2 rings (SSSR count). The Kier molecular flexibility index (Phi) is 6.06. The first-order valence-corrected chi connectivity index (χ1v) is 8.31. The molecule has 0 saturated carbocycles. The molecule has 0 radical (unpaired) electrons. The highest BCUT2D eigenvalue weighted by Gasteiger charge is 2.47. The number of nitrogens with zero attached hydrogens (tertiary/aromatic N) is 1. The van der Waals surface area contributed by atoms with Gasteiger partial charge in [0.05, 0.1) is 13.3 Å². The summed E-state index contributed by atoms with van der Waals surface area (Å²) in [5, 5.41) is 0. The normalized spacial score (nSPS) is 27.5. The van der Waals surface area contributed by atoms with Crippen LogP contribution in [0, 0.1) is 0 Å². The number of methoxy groups -OCH3 is 1. The minimum absolute atomic E-state index is 0.215. The predicted molar refractivity (Wildman–Crippen MR) is 78.0 cm³/mol. The number of nitrogens with two attached hydrogens (primary N) is 1. The van der Waals surface area contributed by atoms with E-state index in [2.05, 4.69) is 9.51 Å². The molecule has 2 heterocycles. The Morgan fingerprint density at radius 3 is 2.67 bits per heavy atom. The first kappa shape index (κ1) is 19.0. The van der Waals surface area contributed by atoms with Gasteiger partial charge in [-0.1, -0.05) is 0 Å². The molecule has 0 aliphatic carbocycles. The number of hydrogen-bond donors (Lipinski definition) is 4. The van der Waals surface area contributed by atoms with E-state index in [1.165, 1.54) is 13.3 Å². The molecule has 0 aromatic carbocycles. The number of phosphoric acid groups is 1. The number of hydrogen-bond acceptors (Lipinski definition) is 8. The van der Waals surface area contributed by atoms with Gasteiger partial charge in [-0.15, -0.1) is 0 Å². The molecule has 24 heavy (non-hydrogen) atoms. The van der Waals surface area contributed by atoms with Crippen molar-refractivity contribution in [3.05, 3.63) is 33.1 Å². The zero-order valence-electron chi connectivity index (χ0n) is 12.6. The van der Waals surface area contributed by atoms with Gasteiger partial charge in [-0.05, 0) is 0 Å². The van der Waals surface area contributed by atoms with Crippen molar-refractivity contribution in [2.45, 2.75) is 24.5 Å². The molecule has 1 aromatic rings. The summed E-state index contributed by atoms with van der Waals surface area (Å²) in [6.45, 7) is -0.725. The first-order chi connectivity index (χ1) is 11.3. The molecule has 13 heteroatoms. The van der Waals surface area contributed by atoms with Crippen molar-refractivity contribution in [3.63, 3.8) is 0 Å². The van der Waals surface area contributed by atoms with Crippen molar-refractivity contribution in [3.8, 4) is 0 Å². The third-order valence-corrected chi connectivity index (χ3v) is 3.86. The van der Waals surface area contributed by atoms with E-state index in [1.807, 2.05) is 0 Å². The third-order valence-electron chi connectivity index (χ3n) is 3.38. The monoisotopic (exact) mass is 367 g/mol. The van der Waals surface area contributed by atoms with Crippen LogP contribution in [0.4, 0.5) is 0 Å². The van der Waals surface area contributed by atoms with E-state index in [-0.39, 0.29) is 6.73 Å². The van der Waals surface area contributed by atoms with Crippen molar-refractivity contribution in [1.82, 2.24) is 9.55 Å². The van der Waals surface area contributed by atoms with Crippen molar-refractivity contribution in [2.24, 2.45) is 5.73 Å². The van der Waals surface area contributed by atoms with Crippen molar-refractivity contribution in [1.29, 1.82) is 0 Å². The molecule has 1 saturated heterocycles. The van der Waals surface area contributed by atoms with Crippen molar-refractivity contribution < 1.29 is 33.1 Å². The van der Waals surface area contributed by atoms with Gasteiger partial charge in [0.15, 0.2) is 6.23 Å². The van der Waals surface area contributed by atoms with Crippen LogP contribution in [0.2, 0.25) is 0 Å². The largest absolute Gasteiger partial charge is 0.469 e. The quantitative estimate of drug-likeness (QED) is 0.307. The fourth-order valence-electron chi connectivity index (χ4n) is 2.43. The summed E-state index contributed by atoms with van der Waals surface area (Å²) in [6, 6.07) is 1.12. The van der Waals surface area contributed by atoms with E-state index in [0.29, 0.717) is 0 Å². The van der Waals surface area contributed by atoms with Crippen molar-refractivity contribution in [2.75, 3.05) is 20.4 Å². The maximum atomic E-state index is 11.9. The lowest BCUT2D eigenvalue weighted by Crippen LogP contribution is -2.41. The van der Waals surface area contributed by atoms with Crippen LogP contribution in [0.5, 0.6) is 0 Å². The molecular weight excluding hydrogens is 349 g/mol. The van der Waals surface area contributed by atoms with E-state index in [4.69, 9.17) is 29.7 Å².